The Morgan fingerprint density at radius 1 is 0.868 bits per heavy atom. The van der Waals surface area contributed by atoms with Crippen molar-refractivity contribution in [3.63, 3.8) is 0 Å². The van der Waals surface area contributed by atoms with Crippen LogP contribution >= 0.6 is 11.6 Å². The van der Waals surface area contributed by atoms with Gasteiger partial charge in [-0.25, -0.2) is 0 Å². The Balaban J connectivity index is 1.97. The van der Waals surface area contributed by atoms with Crippen molar-refractivity contribution in [2.24, 2.45) is 0 Å². The maximum absolute atomic E-state index is 13.9. The average Bonchev–Trinajstić information content (AvgIpc) is 2.85. The molecule has 0 saturated carbocycles. The van der Waals surface area contributed by atoms with E-state index in [1.165, 1.54) is 0 Å². The molecule has 2 amide bonds. The Kier molecular flexibility index (Phi) is 9.61. The van der Waals surface area contributed by atoms with Crippen LogP contribution in [0.15, 0.2) is 78.9 Å². The Morgan fingerprint density at radius 3 is 2.11 bits per heavy atom. The molecule has 0 aliphatic rings. The second-order valence-corrected chi connectivity index (χ2v) is 12.0. The van der Waals surface area contributed by atoms with Crippen LogP contribution in [0.3, 0.4) is 0 Å². The molecule has 3 aromatic rings. The molecule has 0 aromatic heterocycles. The lowest BCUT2D eigenvalue weighted by molar-refractivity contribution is -0.143. The van der Waals surface area contributed by atoms with E-state index >= 15 is 0 Å². The van der Waals surface area contributed by atoms with Crippen molar-refractivity contribution in [1.29, 1.82) is 0 Å². The van der Waals surface area contributed by atoms with E-state index in [-0.39, 0.29) is 30.4 Å². The number of ether oxygens (including phenoxy) is 1. The first kappa shape index (κ1) is 29.2. The lowest BCUT2D eigenvalue weighted by Crippen LogP contribution is -2.55. The van der Waals surface area contributed by atoms with Gasteiger partial charge in [0.25, 0.3) is 5.91 Å². The monoisotopic (exact) mass is 534 g/mol. The fourth-order valence-corrected chi connectivity index (χ4v) is 4.45. The van der Waals surface area contributed by atoms with E-state index in [2.05, 4.69) is 26.1 Å². The smallest absolute Gasteiger partial charge is 0.261 e. The van der Waals surface area contributed by atoms with Crippen molar-refractivity contribution < 1.29 is 14.3 Å². The summed E-state index contributed by atoms with van der Waals surface area (Å²) in [6, 6.07) is 24.1. The van der Waals surface area contributed by atoms with Crippen LogP contribution < -0.4 is 10.1 Å². The summed E-state index contributed by atoms with van der Waals surface area (Å²) in [7, 11) is 0. The highest BCUT2D eigenvalue weighted by atomic mass is 35.5. The fourth-order valence-electron chi connectivity index (χ4n) is 4.25. The number of carbonyl (C=O) groups is 2. The maximum atomic E-state index is 13.9. The number of para-hydroxylation sites is 1. The maximum Gasteiger partial charge on any atom is 0.261 e. The van der Waals surface area contributed by atoms with Gasteiger partial charge in [-0.1, -0.05) is 99.1 Å². The Hall–Kier alpha value is -3.31. The summed E-state index contributed by atoms with van der Waals surface area (Å²) in [5.41, 5.74) is 2.11. The second-order valence-electron chi connectivity index (χ2n) is 11.6. The lowest BCUT2D eigenvalue weighted by atomic mass is 9.86. The molecule has 0 radical (unpaired) electrons. The molecule has 202 valence electrons. The van der Waals surface area contributed by atoms with Crippen LogP contribution in [0.25, 0.3) is 0 Å². The molecule has 0 heterocycles. The third-order valence-electron chi connectivity index (χ3n) is 6.11. The van der Waals surface area contributed by atoms with E-state index in [4.69, 9.17) is 16.3 Å². The summed E-state index contributed by atoms with van der Waals surface area (Å²) in [4.78, 5) is 29.1. The molecule has 0 spiro atoms. The minimum absolute atomic E-state index is 0.153. The summed E-state index contributed by atoms with van der Waals surface area (Å²) in [6.45, 7) is 12.1. The summed E-state index contributed by atoms with van der Waals surface area (Å²) in [5, 5.41) is 3.61. The molecular formula is C32H39ClN2O3. The molecule has 1 N–H and O–H groups in total. The molecule has 0 aliphatic heterocycles. The fraction of sp³-hybridized carbons (Fsp3) is 0.375. The standard InChI is InChI=1S/C32H39ClN2O3/c1-31(2,3)25-17-11-13-19-28(25)38-22-29(36)35(21-24-16-10-12-18-26(24)33)27(30(37)34-32(4,5)6)20-23-14-8-7-9-15-23/h7-19,27H,20-22H2,1-6H3,(H,34,37)/t27-/m0/s1. The van der Waals surface area contributed by atoms with Crippen LogP contribution in [0.1, 0.15) is 58.2 Å². The van der Waals surface area contributed by atoms with Crippen molar-refractivity contribution in [2.45, 2.75) is 71.5 Å². The molecule has 3 aromatic carbocycles. The van der Waals surface area contributed by atoms with Crippen molar-refractivity contribution in [2.75, 3.05) is 6.61 Å². The highest BCUT2D eigenvalue weighted by Gasteiger charge is 2.33. The SMILES string of the molecule is CC(C)(C)NC(=O)[C@H](Cc1ccccc1)N(Cc1ccccc1Cl)C(=O)COc1ccccc1C(C)(C)C. The molecule has 0 unspecified atom stereocenters. The zero-order chi connectivity index (χ0) is 27.9. The highest BCUT2D eigenvalue weighted by molar-refractivity contribution is 6.31. The van der Waals surface area contributed by atoms with Crippen LogP contribution in [-0.2, 0) is 28.0 Å². The van der Waals surface area contributed by atoms with E-state index in [0.29, 0.717) is 17.2 Å². The Bertz CT molecular complexity index is 1230. The van der Waals surface area contributed by atoms with Gasteiger partial charge in [-0.3, -0.25) is 9.59 Å². The Labute approximate surface area is 232 Å². The predicted molar refractivity (Wildman–Crippen MR) is 154 cm³/mol. The van der Waals surface area contributed by atoms with Crippen molar-refractivity contribution in [3.8, 4) is 5.75 Å². The first-order valence-corrected chi connectivity index (χ1v) is 13.3. The topological polar surface area (TPSA) is 58.6 Å². The van der Waals surface area contributed by atoms with Gasteiger partial charge in [0.05, 0.1) is 0 Å². The number of nitrogens with zero attached hydrogens (tertiary/aromatic N) is 1. The molecule has 0 aliphatic carbocycles. The summed E-state index contributed by atoms with van der Waals surface area (Å²) in [5.74, 6) is 0.139. The molecule has 3 rings (SSSR count). The van der Waals surface area contributed by atoms with Gasteiger partial charge in [-0.05, 0) is 55.0 Å². The summed E-state index contributed by atoms with van der Waals surface area (Å²) >= 11 is 6.50. The molecule has 0 saturated heterocycles. The molecule has 0 bridgehead atoms. The number of amides is 2. The minimum atomic E-state index is -0.762. The summed E-state index contributed by atoms with van der Waals surface area (Å²) < 4.78 is 6.10. The van der Waals surface area contributed by atoms with Crippen LogP contribution in [-0.4, -0.2) is 34.9 Å². The number of hydrogen-bond acceptors (Lipinski definition) is 3. The molecular weight excluding hydrogens is 496 g/mol. The van der Waals surface area contributed by atoms with Crippen molar-refractivity contribution in [1.82, 2.24) is 10.2 Å². The van der Waals surface area contributed by atoms with Crippen LogP contribution in [0, 0.1) is 0 Å². The Morgan fingerprint density at radius 2 is 1.47 bits per heavy atom. The molecule has 1 atom stereocenters. The number of halogens is 1. The number of rotatable bonds is 9. The number of hydrogen-bond donors (Lipinski definition) is 1. The second kappa shape index (κ2) is 12.5. The first-order valence-electron chi connectivity index (χ1n) is 13.0. The quantitative estimate of drug-likeness (QED) is 0.338. The van der Waals surface area contributed by atoms with E-state index in [1.807, 2.05) is 93.6 Å². The molecule has 5 nitrogen and oxygen atoms in total. The van der Waals surface area contributed by atoms with Crippen LogP contribution in [0.5, 0.6) is 5.75 Å². The van der Waals surface area contributed by atoms with Gasteiger partial charge in [0, 0.05) is 23.5 Å². The van der Waals surface area contributed by atoms with Gasteiger partial charge in [0.1, 0.15) is 11.8 Å². The van der Waals surface area contributed by atoms with Gasteiger partial charge < -0.3 is 15.0 Å². The largest absolute Gasteiger partial charge is 0.483 e. The van der Waals surface area contributed by atoms with Crippen LogP contribution in [0.4, 0.5) is 0 Å². The summed E-state index contributed by atoms with van der Waals surface area (Å²) in [6.07, 6.45) is 0.359. The molecule has 38 heavy (non-hydrogen) atoms. The highest BCUT2D eigenvalue weighted by Crippen LogP contribution is 2.31. The van der Waals surface area contributed by atoms with Gasteiger partial charge in [0.15, 0.2) is 6.61 Å². The average molecular weight is 535 g/mol. The van der Waals surface area contributed by atoms with E-state index in [0.717, 1.165) is 16.7 Å². The third kappa shape index (κ3) is 8.35. The van der Waals surface area contributed by atoms with Gasteiger partial charge in [0.2, 0.25) is 5.91 Å². The zero-order valence-corrected chi connectivity index (χ0v) is 24.0. The van der Waals surface area contributed by atoms with Crippen molar-refractivity contribution >= 4 is 23.4 Å². The minimum Gasteiger partial charge on any atom is -0.483 e. The van der Waals surface area contributed by atoms with Gasteiger partial charge in [-0.15, -0.1) is 0 Å². The van der Waals surface area contributed by atoms with E-state index in [9.17, 15) is 9.59 Å². The van der Waals surface area contributed by atoms with E-state index in [1.54, 1.807) is 11.0 Å². The molecule has 0 fully saturated rings. The van der Waals surface area contributed by atoms with Crippen LogP contribution in [0.2, 0.25) is 5.02 Å². The van der Waals surface area contributed by atoms with Gasteiger partial charge >= 0.3 is 0 Å². The lowest BCUT2D eigenvalue weighted by Gasteiger charge is -2.34. The first-order chi connectivity index (χ1) is 17.8. The van der Waals surface area contributed by atoms with E-state index < -0.39 is 11.6 Å². The zero-order valence-electron chi connectivity index (χ0n) is 23.3. The van der Waals surface area contributed by atoms with Crippen molar-refractivity contribution in [3.05, 3.63) is 101 Å². The third-order valence-corrected chi connectivity index (χ3v) is 6.48. The normalized spacial score (nSPS) is 12.5. The number of nitrogens with one attached hydrogen (secondary N) is 1. The molecule has 6 heteroatoms. The predicted octanol–water partition coefficient (Wildman–Crippen LogP) is 6.57. The number of carbonyl (C=O) groups excluding carboxylic acids is 2. The van der Waals surface area contributed by atoms with Gasteiger partial charge in [-0.2, -0.15) is 0 Å². The number of benzene rings is 3.